The maximum Gasteiger partial charge on any atom is 0.142 e. The molecule has 0 aromatic heterocycles. The van der Waals surface area contributed by atoms with Crippen LogP contribution in [0.3, 0.4) is 0 Å². The lowest BCUT2D eigenvalue weighted by Gasteiger charge is -2.59. The first-order chi connectivity index (χ1) is 13.4. The zero-order valence-electron chi connectivity index (χ0n) is 17.4. The van der Waals surface area contributed by atoms with Crippen LogP contribution in [0.5, 0.6) is 0 Å². The molecule has 28 heavy (non-hydrogen) atoms. The van der Waals surface area contributed by atoms with E-state index >= 15 is 4.39 Å². The van der Waals surface area contributed by atoms with Crippen LogP contribution in [0.15, 0.2) is 5.16 Å². The number of ketones is 1. The van der Waals surface area contributed by atoms with Gasteiger partial charge >= 0.3 is 0 Å². The second-order valence-electron chi connectivity index (χ2n) is 10.8. The summed E-state index contributed by atoms with van der Waals surface area (Å²) >= 11 is 0. The van der Waals surface area contributed by atoms with Gasteiger partial charge in [0.1, 0.15) is 18.1 Å². The number of alkyl halides is 1. The van der Waals surface area contributed by atoms with Crippen molar-refractivity contribution in [3.05, 3.63) is 0 Å². The fourth-order valence-electron chi connectivity index (χ4n) is 7.80. The molecule has 8 atom stereocenters. The number of carbonyl (C=O) groups is 1. The number of carbonyl (C=O) groups excluding carboxylic acids is 1. The van der Waals surface area contributed by atoms with Gasteiger partial charge in [0.25, 0.3) is 0 Å². The molecule has 0 aromatic carbocycles. The molecule has 5 rings (SSSR count). The summed E-state index contributed by atoms with van der Waals surface area (Å²) in [5.41, 5.74) is 0.595. The Bertz CT molecular complexity index is 676. The zero-order chi connectivity index (χ0) is 19.5. The van der Waals surface area contributed by atoms with Crippen LogP contribution >= 0.6 is 0 Å². The molecule has 0 amide bonds. The van der Waals surface area contributed by atoms with Crippen LogP contribution in [0.25, 0.3) is 0 Å². The smallest absolute Gasteiger partial charge is 0.142 e. The van der Waals surface area contributed by atoms with Gasteiger partial charge in [0, 0.05) is 24.8 Å². The third-order valence-corrected chi connectivity index (χ3v) is 9.54. The summed E-state index contributed by atoms with van der Waals surface area (Å²) in [6.45, 7) is 6.34. The Balaban J connectivity index is 1.34. The number of halogens is 1. The van der Waals surface area contributed by atoms with Gasteiger partial charge in [-0.05, 0) is 80.6 Å². The molecular formula is C23H35FN2O2. The summed E-state index contributed by atoms with van der Waals surface area (Å²) in [7, 11) is 0. The molecule has 1 aliphatic heterocycles. The average Bonchev–Trinajstić information content (AvgIpc) is 3.28. The normalized spacial score (nSPS) is 52.2. The monoisotopic (exact) mass is 390 g/mol. The van der Waals surface area contributed by atoms with Gasteiger partial charge in [-0.15, -0.1) is 0 Å². The number of rotatable bonds is 2. The number of Topliss-reactive ketones (excluding diaryl/α,β-unsaturated/α-hetero) is 1. The summed E-state index contributed by atoms with van der Waals surface area (Å²) in [4.78, 5) is 18.2. The van der Waals surface area contributed by atoms with Gasteiger partial charge in [-0.2, -0.15) is 0 Å². The van der Waals surface area contributed by atoms with Crippen molar-refractivity contribution in [3.63, 3.8) is 0 Å². The number of nitrogens with zero attached hydrogens (tertiary/aromatic N) is 1. The Hall–Kier alpha value is -0.970. The minimum Gasteiger partial charge on any atom is -0.391 e. The maximum atomic E-state index is 15.2. The van der Waals surface area contributed by atoms with Gasteiger partial charge in [-0.25, -0.2) is 4.39 Å². The summed E-state index contributed by atoms with van der Waals surface area (Å²) in [5.74, 6) is 2.70. The van der Waals surface area contributed by atoms with E-state index in [4.69, 9.17) is 4.84 Å². The molecule has 1 heterocycles. The average molecular weight is 391 g/mol. The Morgan fingerprint density at radius 3 is 2.79 bits per heavy atom. The van der Waals surface area contributed by atoms with Crippen LogP contribution in [0.1, 0.15) is 71.6 Å². The van der Waals surface area contributed by atoms with Crippen LogP contribution in [0, 0.1) is 34.5 Å². The van der Waals surface area contributed by atoms with Gasteiger partial charge < -0.3 is 10.2 Å². The fourth-order valence-corrected chi connectivity index (χ4v) is 7.80. The Morgan fingerprint density at radius 2 is 2.00 bits per heavy atom. The largest absolute Gasteiger partial charge is 0.391 e. The Labute approximate surface area is 168 Å². The number of oxime groups is 1. The minimum atomic E-state index is -0.979. The van der Waals surface area contributed by atoms with Crippen molar-refractivity contribution in [2.75, 3.05) is 13.1 Å². The first-order valence-electron chi connectivity index (χ1n) is 11.5. The van der Waals surface area contributed by atoms with Crippen LogP contribution < -0.4 is 5.32 Å². The number of nitrogens with one attached hydrogen (secondary N) is 1. The number of hydrogen-bond donors (Lipinski definition) is 1. The lowest BCUT2D eigenvalue weighted by Crippen LogP contribution is -2.55. The molecule has 0 radical (unpaired) electrons. The molecule has 0 bridgehead atoms. The predicted molar refractivity (Wildman–Crippen MR) is 107 cm³/mol. The molecule has 5 aliphatic rings. The first-order valence-corrected chi connectivity index (χ1v) is 11.5. The fraction of sp³-hybridized carbons (Fsp3) is 0.913. The van der Waals surface area contributed by atoms with Crippen molar-refractivity contribution < 1.29 is 14.0 Å². The third-order valence-electron chi connectivity index (χ3n) is 9.54. The van der Waals surface area contributed by atoms with E-state index in [2.05, 4.69) is 24.3 Å². The lowest BCUT2D eigenvalue weighted by molar-refractivity contribution is -0.138. The van der Waals surface area contributed by atoms with Crippen molar-refractivity contribution in [1.29, 1.82) is 0 Å². The highest BCUT2D eigenvalue weighted by Gasteiger charge is 2.61. The second-order valence-corrected chi connectivity index (χ2v) is 10.8. The number of hydrogen-bond acceptors (Lipinski definition) is 4. The molecule has 0 aromatic rings. The van der Waals surface area contributed by atoms with Gasteiger partial charge in [0.2, 0.25) is 0 Å². The van der Waals surface area contributed by atoms with E-state index in [0.29, 0.717) is 41.6 Å². The van der Waals surface area contributed by atoms with Gasteiger partial charge in [0.15, 0.2) is 0 Å². The van der Waals surface area contributed by atoms with Crippen LogP contribution in [0.4, 0.5) is 4.39 Å². The minimum absolute atomic E-state index is 0.0449. The summed E-state index contributed by atoms with van der Waals surface area (Å²) in [5, 5.41) is 7.57. The molecule has 5 heteroatoms. The molecule has 1 saturated heterocycles. The van der Waals surface area contributed by atoms with E-state index in [9.17, 15) is 4.79 Å². The van der Waals surface area contributed by atoms with Crippen LogP contribution in [-0.2, 0) is 9.63 Å². The van der Waals surface area contributed by atoms with E-state index in [1.165, 1.54) is 6.42 Å². The van der Waals surface area contributed by atoms with Gasteiger partial charge in [-0.1, -0.05) is 19.0 Å². The van der Waals surface area contributed by atoms with Crippen molar-refractivity contribution in [1.82, 2.24) is 5.32 Å². The zero-order valence-corrected chi connectivity index (χ0v) is 17.4. The summed E-state index contributed by atoms with van der Waals surface area (Å²) in [6, 6.07) is 0. The van der Waals surface area contributed by atoms with E-state index in [1.807, 2.05) is 0 Å². The molecule has 156 valence electrons. The van der Waals surface area contributed by atoms with Crippen LogP contribution in [-0.4, -0.2) is 36.9 Å². The SMILES string of the molecule is C[C@]12C[C@@H](F)/C(=N\O[C@@H]3CCNC3)CC1CC[C@@H]1[C@@H]2CC[C@]2(C)C(=O)CC[C@@H]12. The van der Waals surface area contributed by atoms with Crippen molar-refractivity contribution in [2.24, 2.45) is 39.7 Å². The van der Waals surface area contributed by atoms with Gasteiger partial charge in [0.05, 0.1) is 5.71 Å². The summed E-state index contributed by atoms with van der Waals surface area (Å²) in [6.07, 6.45) is 7.70. The third kappa shape index (κ3) is 2.79. The highest BCUT2D eigenvalue weighted by atomic mass is 19.1. The molecule has 4 aliphatic carbocycles. The molecule has 5 fully saturated rings. The Morgan fingerprint density at radius 1 is 1.14 bits per heavy atom. The molecule has 4 saturated carbocycles. The van der Waals surface area contributed by atoms with E-state index in [0.717, 1.165) is 58.0 Å². The number of fused-ring (bicyclic) bond motifs is 5. The second kappa shape index (κ2) is 6.78. The standard InChI is InChI=1S/C23H35FN2O2/c1-22-9-7-18-16(17(22)5-6-21(22)27)4-3-14-11-20(19(24)12-23(14,18)2)26-28-15-8-10-25-13-15/h14-19,25H,3-13H2,1-2H3/b26-20-/t14?,15-,16+,17+,18+,19-,22+,23+/m1/s1. The Kier molecular flexibility index (Phi) is 4.61. The van der Waals surface area contributed by atoms with E-state index < -0.39 is 6.17 Å². The highest BCUT2D eigenvalue weighted by Crippen LogP contribution is 2.65. The predicted octanol–water partition coefficient (Wildman–Crippen LogP) is 4.28. The van der Waals surface area contributed by atoms with Crippen molar-refractivity contribution in [3.8, 4) is 0 Å². The van der Waals surface area contributed by atoms with Gasteiger partial charge in [-0.3, -0.25) is 4.79 Å². The molecule has 4 nitrogen and oxygen atoms in total. The van der Waals surface area contributed by atoms with Crippen LogP contribution in [0.2, 0.25) is 0 Å². The topological polar surface area (TPSA) is 50.7 Å². The molecular weight excluding hydrogens is 355 g/mol. The van der Waals surface area contributed by atoms with Crippen molar-refractivity contribution in [2.45, 2.75) is 83.9 Å². The molecule has 1 N–H and O–H groups in total. The van der Waals surface area contributed by atoms with E-state index in [1.54, 1.807) is 0 Å². The lowest BCUT2D eigenvalue weighted by atomic mass is 9.45. The van der Waals surface area contributed by atoms with Crippen molar-refractivity contribution >= 4 is 11.5 Å². The molecule has 1 unspecified atom stereocenters. The van der Waals surface area contributed by atoms with E-state index in [-0.39, 0.29) is 16.9 Å². The molecule has 0 spiro atoms. The maximum absolute atomic E-state index is 15.2. The quantitative estimate of drug-likeness (QED) is 0.716. The summed E-state index contributed by atoms with van der Waals surface area (Å²) < 4.78 is 15.2. The first kappa shape index (κ1) is 19.0. The highest BCUT2D eigenvalue weighted by molar-refractivity contribution is 5.89.